The molecule has 0 aliphatic heterocycles. The molecule has 0 unspecified atom stereocenters. The predicted octanol–water partition coefficient (Wildman–Crippen LogP) is 2.78. The lowest BCUT2D eigenvalue weighted by atomic mass is 9.57. The van der Waals surface area contributed by atoms with Gasteiger partial charge in [0, 0.05) is 28.2 Å². The second-order valence-corrected chi connectivity index (χ2v) is 12.6. The van der Waals surface area contributed by atoms with Crippen molar-refractivity contribution < 1.29 is 44.3 Å². The third-order valence-electron chi connectivity index (χ3n) is 9.58. The van der Waals surface area contributed by atoms with Crippen molar-refractivity contribution in [3.05, 3.63) is 105 Å². The fourth-order valence-corrected chi connectivity index (χ4v) is 7.15. The summed E-state index contributed by atoms with van der Waals surface area (Å²) in [5.41, 5.74) is 3.70. The van der Waals surface area contributed by atoms with E-state index in [0.29, 0.717) is 33.8 Å². The molecule has 0 bridgehead atoms. The summed E-state index contributed by atoms with van der Waals surface area (Å²) in [6.07, 6.45) is 0.0395. The summed E-state index contributed by atoms with van der Waals surface area (Å²) < 4.78 is 10.4. The van der Waals surface area contributed by atoms with Crippen molar-refractivity contribution in [3.63, 3.8) is 0 Å². The second-order valence-electron chi connectivity index (χ2n) is 12.6. The zero-order chi connectivity index (χ0) is 36.1. The van der Waals surface area contributed by atoms with Gasteiger partial charge in [0.2, 0.25) is 5.78 Å². The zero-order valence-corrected chi connectivity index (χ0v) is 27.7. The molecule has 0 radical (unpaired) electrons. The van der Waals surface area contributed by atoms with Crippen LogP contribution >= 0.6 is 0 Å². The molecule has 6 N–H and O–H groups in total. The number of carbonyl (C=O) groups excluding carboxylic acids is 3. The predicted molar refractivity (Wildman–Crippen MR) is 182 cm³/mol. The Morgan fingerprint density at radius 1 is 0.880 bits per heavy atom. The molecule has 0 spiro atoms. The average molecular weight is 675 g/mol. The van der Waals surface area contributed by atoms with Gasteiger partial charge < -0.3 is 35.6 Å². The van der Waals surface area contributed by atoms with Crippen LogP contribution in [0.1, 0.15) is 39.8 Å². The fraction of sp³-hybridized carbons (Fsp3) is 0.256. The van der Waals surface area contributed by atoms with Gasteiger partial charge in [-0.2, -0.15) is 0 Å². The molecule has 0 heterocycles. The molecule has 6 rings (SSSR count). The molecule has 0 aromatic heterocycles. The van der Waals surface area contributed by atoms with Gasteiger partial charge in [-0.15, -0.1) is 0 Å². The number of nitrogens with two attached hydrogens (primary N) is 1. The number of ether oxygens (including phenoxy) is 2. The van der Waals surface area contributed by atoms with E-state index in [1.807, 2.05) is 0 Å². The van der Waals surface area contributed by atoms with E-state index in [9.17, 15) is 34.8 Å². The SMILES string of the molecule is COc1ccc(C#Cc2cc(C#Cc3ccc(OC)cc3)c3c(c2O)C(O)=C2C(=O)[C@]4(O)C(O)=C(C(N)=O)C(=O)[C@@H](N(C)C)[C@@H]4C[C@@H]2C3)cc1. The average Bonchev–Trinajstić information content (AvgIpc) is 3.09. The topological polar surface area (TPSA) is 180 Å². The largest absolute Gasteiger partial charge is 0.508 e. The number of hydrogen-bond acceptors (Lipinski definition) is 10. The Balaban J connectivity index is 1.55. The number of primary amides is 1. The molecule has 1 amide bonds. The molecule has 11 heteroatoms. The highest BCUT2D eigenvalue weighted by Gasteiger charge is 2.64. The number of nitrogens with zero attached hydrogens (tertiary/aromatic N) is 1. The first kappa shape index (κ1) is 33.9. The van der Waals surface area contributed by atoms with Crippen molar-refractivity contribution in [1.29, 1.82) is 0 Å². The van der Waals surface area contributed by atoms with Crippen LogP contribution in [-0.2, 0) is 20.8 Å². The number of rotatable bonds is 4. The third kappa shape index (κ3) is 5.43. The number of aromatic hydroxyl groups is 1. The summed E-state index contributed by atoms with van der Waals surface area (Å²) in [6.45, 7) is 0. The Kier molecular flexibility index (Phi) is 8.66. The normalized spacial score (nSPS) is 22.4. The summed E-state index contributed by atoms with van der Waals surface area (Å²) >= 11 is 0. The van der Waals surface area contributed by atoms with Crippen LogP contribution in [0, 0.1) is 35.5 Å². The molecular formula is C39H34N2O9. The number of benzene rings is 3. The van der Waals surface area contributed by atoms with Crippen molar-refractivity contribution in [2.45, 2.75) is 24.5 Å². The number of fused-ring (bicyclic) bond motifs is 3. The first-order valence-corrected chi connectivity index (χ1v) is 15.7. The van der Waals surface area contributed by atoms with Crippen LogP contribution in [0.3, 0.4) is 0 Å². The van der Waals surface area contributed by atoms with Gasteiger partial charge >= 0.3 is 0 Å². The number of phenolic OH excluding ortho intramolecular Hbond substituents is 1. The summed E-state index contributed by atoms with van der Waals surface area (Å²) in [5.74, 6) is 6.10. The molecule has 0 saturated heterocycles. The van der Waals surface area contributed by atoms with Crippen molar-refractivity contribution in [2.75, 3.05) is 28.3 Å². The summed E-state index contributed by atoms with van der Waals surface area (Å²) in [4.78, 5) is 41.5. The van der Waals surface area contributed by atoms with Gasteiger partial charge in [0.25, 0.3) is 5.91 Å². The van der Waals surface area contributed by atoms with Crippen LogP contribution in [0.2, 0.25) is 0 Å². The number of aliphatic hydroxyl groups excluding tert-OH is 2. The standard InChI is InChI=1S/C39H34N2O9/c1-41(2)32-28-19-24-18-27-22(11-5-20-7-13-25(49-3)14-8-20)17-23(12-6-21-9-15-26(50-4)16-10-21)33(42)30(27)34(43)29(24)36(45)39(28,48)37(46)31(35(32)44)38(40)47/h7-10,13-17,24,28,32,42-43,46,48H,18-19H2,1-4H3,(H2,40,47)/t24-,28-,32-,39-/m0/s1. The molecule has 11 nitrogen and oxygen atoms in total. The minimum Gasteiger partial charge on any atom is -0.508 e. The lowest BCUT2D eigenvalue weighted by Crippen LogP contribution is -2.65. The number of amides is 1. The van der Waals surface area contributed by atoms with Crippen LogP contribution in [0.15, 0.2) is 71.5 Å². The maximum atomic E-state index is 14.3. The molecule has 3 aliphatic carbocycles. The van der Waals surface area contributed by atoms with Crippen molar-refractivity contribution in [3.8, 4) is 40.9 Å². The van der Waals surface area contributed by atoms with E-state index in [-0.39, 0.29) is 29.5 Å². The van der Waals surface area contributed by atoms with Crippen LogP contribution < -0.4 is 15.2 Å². The maximum absolute atomic E-state index is 14.3. The first-order chi connectivity index (χ1) is 23.8. The van der Waals surface area contributed by atoms with E-state index >= 15 is 0 Å². The third-order valence-corrected chi connectivity index (χ3v) is 9.58. The van der Waals surface area contributed by atoms with Gasteiger partial charge in [-0.3, -0.25) is 19.3 Å². The van der Waals surface area contributed by atoms with Gasteiger partial charge in [-0.1, -0.05) is 23.7 Å². The molecule has 1 saturated carbocycles. The van der Waals surface area contributed by atoms with E-state index in [1.165, 1.54) is 4.90 Å². The van der Waals surface area contributed by atoms with Crippen LogP contribution in [0.25, 0.3) is 5.76 Å². The second kappa shape index (κ2) is 12.8. The Labute approximate surface area is 288 Å². The van der Waals surface area contributed by atoms with E-state index in [4.69, 9.17) is 15.2 Å². The van der Waals surface area contributed by atoms with E-state index in [0.717, 1.165) is 0 Å². The molecule has 1 fully saturated rings. The Hall–Kier alpha value is -6.01. The molecule has 4 atom stereocenters. The highest BCUT2D eigenvalue weighted by molar-refractivity contribution is 6.24. The molecule has 3 aliphatic rings. The zero-order valence-electron chi connectivity index (χ0n) is 27.7. The lowest BCUT2D eigenvalue weighted by molar-refractivity contribution is -0.153. The van der Waals surface area contributed by atoms with Crippen molar-refractivity contribution >= 4 is 23.2 Å². The van der Waals surface area contributed by atoms with Gasteiger partial charge in [0.15, 0.2) is 11.4 Å². The number of ketones is 2. The van der Waals surface area contributed by atoms with Gasteiger partial charge in [-0.05, 0) is 93.0 Å². The molecule has 3 aromatic carbocycles. The number of hydrogen-bond donors (Lipinski definition) is 5. The van der Waals surface area contributed by atoms with E-state index < -0.39 is 63.8 Å². The fourth-order valence-electron chi connectivity index (χ4n) is 7.15. The number of aliphatic hydroxyl groups is 3. The lowest BCUT2D eigenvalue weighted by Gasteiger charge is -2.50. The van der Waals surface area contributed by atoms with Gasteiger partial charge in [-0.25, -0.2) is 0 Å². The number of methoxy groups -OCH3 is 2. The van der Waals surface area contributed by atoms with Crippen molar-refractivity contribution in [1.82, 2.24) is 4.90 Å². The number of Topliss-reactive ketones (excluding diaryl/α,β-unsaturated/α-hetero) is 2. The Morgan fingerprint density at radius 2 is 1.42 bits per heavy atom. The van der Waals surface area contributed by atoms with Crippen molar-refractivity contribution in [2.24, 2.45) is 17.6 Å². The smallest absolute Gasteiger partial charge is 0.255 e. The van der Waals surface area contributed by atoms with E-state index in [2.05, 4.69) is 23.7 Å². The minimum atomic E-state index is -2.75. The van der Waals surface area contributed by atoms with Crippen LogP contribution in [-0.4, -0.2) is 82.8 Å². The summed E-state index contributed by atoms with van der Waals surface area (Å²) in [6, 6.07) is 14.5. The molecular weight excluding hydrogens is 640 g/mol. The highest BCUT2D eigenvalue weighted by Crippen LogP contribution is 2.53. The first-order valence-electron chi connectivity index (χ1n) is 15.7. The number of phenols is 1. The Morgan fingerprint density at radius 3 is 1.92 bits per heavy atom. The molecule has 254 valence electrons. The van der Waals surface area contributed by atoms with Gasteiger partial charge in [0.1, 0.15) is 34.3 Å². The van der Waals surface area contributed by atoms with Crippen LogP contribution in [0.5, 0.6) is 17.2 Å². The number of carbonyl (C=O) groups is 3. The summed E-state index contributed by atoms with van der Waals surface area (Å²) in [7, 11) is 6.20. The summed E-state index contributed by atoms with van der Waals surface area (Å²) in [5, 5.41) is 46.5. The Bertz CT molecular complexity index is 2140. The monoisotopic (exact) mass is 674 g/mol. The van der Waals surface area contributed by atoms with Gasteiger partial charge in [0.05, 0.1) is 31.4 Å². The quantitative estimate of drug-likeness (QED) is 0.204. The molecule has 3 aromatic rings. The number of likely N-dealkylation sites (N-methyl/N-ethyl adjacent to an activating group) is 1. The minimum absolute atomic E-state index is 0.0447. The highest BCUT2D eigenvalue weighted by atomic mass is 16.5. The maximum Gasteiger partial charge on any atom is 0.255 e. The van der Waals surface area contributed by atoms with Crippen LogP contribution in [0.4, 0.5) is 0 Å². The molecule has 50 heavy (non-hydrogen) atoms. The van der Waals surface area contributed by atoms with E-state index in [1.54, 1.807) is 82.9 Å².